The van der Waals surface area contributed by atoms with Crippen LogP contribution in [0.2, 0.25) is 0 Å². The maximum atomic E-state index is 12.8. The number of nitrogens with zero attached hydrogens (tertiary/aromatic N) is 2. The molecule has 2 N–H and O–H groups in total. The smallest absolute Gasteiger partial charge is 0.347 e. The Morgan fingerprint density at radius 3 is 2.55 bits per heavy atom. The van der Waals surface area contributed by atoms with Crippen molar-refractivity contribution in [3.63, 3.8) is 0 Å². The lowest BCUT2D eigenvalue weighted by atomic mass is 9.81. The second kappa shape index (κ2) is 8.92. The zero-order chi connectivity index (χ0) is 21.0. The minimum atomic E-state index is -4.21. The summed E-state index contributed by atoms with van der Waals surface area (Å²) in [5.41, 5.74) is 0.584. The van der Waals surface area contributed by atoms with Gasteiger partial charge in [-0.25, -0.2) is 0 Å². The first-order valence-electron chi connectivity index (χ1n) is 9.99. The molecule has 1 fully saturated rings. The Morgan fingerprint density at radius 2 is 2.00 bits per heavy atom. The molecule has 0 radical (unpaired) electrons. The highest BCUT2D eigenvalue weighted by molar-refractivity contribution is 5.79. The van der Waals surface area contributed by atoms with Gasteiger partial charge in [-0.15, -0.1) is 10.2 Å². The van der Waals surface area contributed by atoms with Crippen LogP contribution >= 0.6 is 0 Å². The van der Waals surface area contributed by atoms with Gasteiger partial charge in [-0.3, -0.25) is 9.59 Å². The predicted molar refractivity (Wildman–Crippen MR) is 102 cm³/mol. The lowest BCUT2D eigenvalue weighted by molar-refractivity contribution is -0.184. The summed E-state index contributed by atoms with van der Waals surface area (Å²) in [5.74, 6) is -1.73. The standard InChI is InChI=1S/C20H25F3N4O2/c1-2-15(24-18(28)13-8-10-14(11-9-13)20(21,22)23)16-19(29)25-17(27-26-16)12-6-4-3-5-7-12/h3-4,6,13-15H,2,5,7-11H2,1H3,(H,24,28)(H,25,27,29). The van der Waals surface area contributed by atoms with Gasteiger partial charge in [0.25, 0.3) is 5.56 Å². The van der Waals surface area contributed by atoms with Gasteiger partial charge in [0.15, 0.2) is 11.5 Å². The Hall–Kier alpha value is -2.45. The Kier molecular flexibility index (Phi) is 6.54. The molecule has 0 aromatic carbocycles. The molecule has 1 unspecified atom stereocenters. The molecule has 3 rings (SSSR count). The summed E-state index contributed by atoms with van der Waals surface area (Å²) in [6, 6.07) is -0.631. The van der Waals surface area contributed by atoms with Gasteiger partial charge in [0, 0.05) is 5.92 Å². The van der Waals surface area contributed by atoms with E-state index in [-0.39, 0.29) is 37.3 Å². The number of carbonyl (C=O) groups is 1. The Morgan fingerprint density at radius 1 is 1.28 bits per heavy atom. The van der Waals surface area contributed by atoms with Crippen LogP contribution in [0.1, 0.15) is 69.4 Å². The molecule has 1 saturated carbocycles. The molecule has 9 heteroatoms. The van der Waals surface area contributed by atoms with E-state index in [2.05, 4.69) is 20.5 Å². The molecule has 2 aliphatic rings. The summed E-state index contributed by atoms with van der Waals surface area (Å²) in [7, 11) is 0. The van der Waals surface area contributed by atoms with E-state index in [4.69, 9.17) is 0 Å². The van der Waals surface area contributed by atoms with Crippen LogP contribution in [0.3, 0.4) is 0 Å². The zero-order valence-electron chi connectivity index (χ0n) is 16.3. The van der Waals surface area contributed by atoms with Crippen LogP contribution in [0.4, 0.5) is 13.2 Å². The highest BCUT2D eigenvalue weighted by atomic mass is 19.4. The minimum absolute atomic E-state index is 0.0446. The maximum Gasteiger partial charge on any atom is 0.391 e. The Balaban J connectivity index is 1.65. The molecule has 0 spiro atoms. The van der Waals surface area contributed by atoms with E-state index in [0.29, 0.717) is 12.2 Å². The summed E-state index contributed by atoms with van der Waals surface area (Å²) < 4.78 is 38.4. The molecule has 1 heterocycles. The maximum absolute atomic E-state index is 12.8. The fraction of sp³-hybridized carbons (Fsp3) is 0.600. The number of hydrogen-bond donors (Lipinski definition) is 2. The molecule has 1 amide bonds. The van der Waals surface area contributed by atoms with Crippen molar-refractivity contribution in [1.82, 2.24) is 20.5 Å². The van der Waals surface area contributed by atoms with Gasteiger partial charge in [0.1, 0.15) is 0 Å². The van der Waals surface area contributed by atoms with Gasteiger partial charge in [-0.1, -0.05) is 25.2 Å². The number of H-pyrrole nitrogens is 1. The van der Waals surface area contributed by atoms with Crippen molar-refractivity contribution in [2.24, 2.45) is 11.8 Å². The van der Waals surface area contributed by atoms with E-state index in [0.717, 1.165) is 18.4 Å². The molecule has 0 bridgehead atoms. The highest BCUT2D eigenvalue weighted by Gasteiger charge is 2.42. The molecule has 0 saturated heterocycles. The number of rotatable bonds is 5. The van der Waals surface area contributed by atoms with E-state index >= 15 is 0 Å². The van der Waals surface area contributed by atoms with Gasteiger partial charge in [-0.2, -0.15) is 13.2 Å². The summed E-state index contributed by atoms with van der Waals surface area (Å²) >= 11 is 0. The first kappa shape index (κ1) is 21.3. The van der Waals surface area contributed by atoms with E-state index in [1.807, 2.05) is 18.2 Å². The molecular formula is C20H25F3N4O2. The topological polar surface area (TPSA) is 87.7 Å². The van der Waals surface area contributed by atoms with Crippen molar-refractivity contribution >= 4 is 11.5 Å². The first-order chi connectivity index (χ1) is 13.8. The first-order valence-corrected chi connectivity index (χ1v) is 9.99. The monoisotopic (exact) mass is 410 g/mol. The number of allylic oxidation sites excluding steroid dienone is 4. The number of carbonyl (C=O) groups excluding carboxylic acids is 1. The second-order valence-electron chi connectivity index (χ2n) is 7.61. The van der Waals surface area contributed by atoms with Crippen molar-refractivity contribution in [3.05, 3.63) is 40.1 Å². The molecule has 1 aromatic heterocycles. The number of halogens is 3. The zero-order valence-corrected chi connectivity index (χ0v) is 16.3. The summed E-state index contributed by atoms with van der Waals surface area (Å²) in [6.07, 6.45) is 3.92. The number of amides is 1. The predicted octanol–water partition coefficient (Wildman–Crippen LogP) is 3.83. The lowest BCUT2D eigenvalue weighted by Gasteiger charge is -2.30. The average molecular weight is 410 g/mol. The minimum Gasteiger partial charge on any atom is -0.347 e. The Labute approximate surface area is 166 Å². The number of aromatic nitrogens is 3. The van der Waals surface area contributed by atoms with E-state index in [1.165, 1.54) is 0 Å². The molecule has 158 valence electrons. The molecule has 29 heavy (non-hydrogen) atoms. The number of alkyl halides is 3. The van der Waals surface area contributed by atoms with Crippen molar-refractivity contribution in [3.8, 4) is 0 Å². The molecular weight excluding hydrogens is 385 g/mol. The van der Waals surface area contributed by atoms with Crippen LogP contribution in [0, 0.1) is 11.8 Å². The van der Waals surface area contributed by atoms with Gasteiger partial charge >= 0.3 is 6.18 Å². The third-order valence-electron chi connectivity index (χ3n) is 5.66. The molecule has 2 aliphatic carbocycles. The number of hydrogen-bond acceptors (Lipinski definition) is 4. The lowest BCUT2D eigenvalue weighted by Crippen LogP contribution is -2.39. The van der Waals surface area contributed by atoms with Crippen LogP contribution in [-0.2, 0) is 4.79 Å². The third-order valence-corrected chi connectivity index (χ3v) is 5.66. The second-order valence-corrected chi connectivity index (χ2v) is 7.61. The van der Waals surface area contributed by atoms with Gasteiger partial charge in [-0.05, 0) is 50.5 Å². The van der Waals surface area contributed by atoms with Crippen LogP contribution in [0.15, 0.2) is 23.0 Å². The van der Waals surface area contributed by atoms with E-state index in [9.17, 15) is 22.8 Å². The van der Waals surface area contributed by atoms with Crippen molar-refractivity contribution in [1.29, 1.82) is 0 Å². The van der Waals surface area contributed by atoms with Crippen LogP contribution < -0.4 is 10.9 Å². The number of nitrogens with one attached hydrogen (secondary N) is 2. The normalized spacial score (nSPS) is 23.4. The van der Waals surface area contributed by atoms with Crippen LogP contribution in [0.5, 0.6) is 0 Å². The molecule has 1 aromatic rings. The van der Waals surface area contributed by atoms with Crippen molar-refractivity contribution in [2.45, 2.75) is 64.1 Å². The fourth-order valence-corrected chi connectivity index (χ4v) is 3.85. The van der Waals surface area contributed by atoms with Gasteiger partial charge in [0.05, 0.1) is 12.0 Å². The quantitative estimate of drug-likeness (QED) is 0.772. The Bertz CT molecular complexity index is 852. The van der Waals surface area contributed by atoms with Crippen molar-refractivity contribution < 1.29 is 18.0 Å². The average Bonchev–Trinajstić information content (AvgIpc) is 2.72. The van der Waals surface area contributed by atoms with E-state index in [1.54, 1.807) is 6.92 Å². The molecule has 1 atom stereocenters. The fourth-order valence-electron chi connectivity index (χ4n) is 3.85. The van der Waals surface area contributed by atoms with Crippen LogP contribution in [0.25, 0.3) is 5.57 Å². The highest BCUT2D eigenvalue weighted by Crippen LogP contribution is 2.39. The van der Waals surface area contributed by atoms with Gasteiger partial charge < -0.3 is 10.3 Å². The summed E-state index contributed by atoms with van der Waals surface area (Å²) in [6.45, 7) is 1.80. The summed E-state index contributed by atoms with van der Waals surface area (Å²) in [4.78, 5) is 27.8. The summed E-state index contributed by atoms with van der Waals surface area (Å²) in [5, 5.41) is 10.9. The van der Waals surface area contributed by atoms with Gasteiger partial charge in [0.2, 0.25) is 5.91 Å². The third kappa shape index (κ3) is 5.13. The van der Waals surface area contributed by atoms with E-state index < -0.39 is 29.6 Å². The van der Waals surface area contributed by atoms with Crippen LogP contribution in [-0.4, -0.2) is 27.3 Å². The molecule has 6 nitrogen and oxygen atoms in total. The van der Waals surface area contributed by atoms with Crippen molar-refractivity contribution in [2.75, 3.05) is 0 Å². The molecule has 0 aliphatic heterocycles. The SMILES string of the molecule is CCC(NC(=O)C1CCC(C(F)(F)F)CC1)c1nnc(C2=CC=CCC2)[nH]c1=O. The number of aromatic amines is 1. The largest absolute Gasteiger partial charge is 0.391 e.